The molecule has 4 rings (SSSR count). The minimum absolute atomic E-state index is 0.218. The van der Waals surface area contributed by atoms with Gasteiger partial charge < -0.3 is 0 Å². The highest BCUT2D eigenvalue weighted by Crippen LogP contribution is 2.65. The first-order valence-corrected chi connectivity index (χ1v) is 8.18. The lowest BCUT2D eigenvalue weighted by atomic mass is 9.69. The SMILES string of the molecule is CC1C(C)C2(CC1(C)C)c1ccccc1-c1ccccc12. The molecule has 2 atom stereocenters. The van der Waals surface area contributed by atoms with Crippen LogP contribution < -0.4 is 0 Å². The van der Waals surface area contributed by atoms with Gasteiger partial charge in [-0.15, -0.1) is 0 Å². The van der Waals surface area contributed by atoms with Crippen LogP contribution in [0, 0.1) is 17.3 Å². The van der Waals surface area contributed by atoms with Crippen LogP contribution in [0.3, 0.4) is 0 Å². The molecule has 1 fully saturated rings. The number of rotatable bonds is 0. The molecule has 0 aliphatic heterocycles. The van der Waals surface area contributed by atoms with Crippen molar-refractivity contribution < 1.29 is 0 Å². The Morgan fingerprint density at radius 3 is 1.67 bits per heavy atom. The van der Waals surface area contributed by atoms with Crippen LogP contribution in [-0.2, 0) is 5.41 Å². The quantitative estimate of drug-likeness (QED) is 0.583. The van der Waals surface area contributed by atoms with Gasteiger partial charge in [0.25, 0.3) is 0 Å². The molecule has 0 amide bonds. The Balaban J connectivity index is 2.06. The molecular weight excluding hydrogens is 252 g/mol. The molecule has 2 unspecified atom stereocenters. The summed E-state index contributed by atoms with van der Waals surface area (Å²) in [5.41, 5.74) is 6.67. The van der Waals surface area contributed by atoms with Crippen LogP contribution in [0.4, 0.5) is 0 Å². The summed E-state index contributed by atoms with van der Waals surface area (Å²) in [6.45, 7) is 9.82. The summed E-state index contributed by atoms with van der Waals surface area (Å²) in [7, 11) is 0. The number of hydrogen-bond donors (Lipinski definition) is 0. The fourth-order valence-electron chi connectivity index (χ4n) is 5.18. The average molecular weight is 276 g/mol. The predicted octanol–water partition coefficient (Wildman–Crippen LogP) is 5.66. The van der Waals surface area contributed by atoms with E-state index in [0.29, 0.717) is 11.3 Å². The van der Waals surface area contributed by atoms with Crippen LogP contribution in [-0.4, -0.2) is 0 Å². The largest absolute Gasteiger partial charge is 0.0619 e. The normalized spacial score (nSPS) is 27.6. The van der Waals surface area contributed by atoms with Crippen molar-refractivity contribution in [2.75, 3.05) is 0 Å². The second-order valence-corrected chi connectivity index (χ2v) is 7.81. The summed E-state index contributed by atoms with van der Waals surface area (Å²) in [5, 5.41) is 0. The Labute approximate surface area is 128 Å². The van der Waals surface area contributed by atoms with E-state index in [1.165, 1.54) is 17.5 Å². The van der Waals surface area contributed by atoms with Crippen molar-refractivity contribution >= 4 is 0 Å². The Bertz CT molecular complexity index is 662. The van der Waals surface area contributed by atoms with Gasteiger partial charge in [-0.3, -0.25) is 0 Å². The standard InChI is InChI=1S/C21H24/c1-14-15(2)21(13-20(14,3)4)18-11-7-5-9-16(18)17-10-6-8-12-19(17)21/h5-12,14-15H,13H2,1-4H3. The second kappa shape index (κ2) is 4.00. The maximum atomic E-state index is 2.47. The van der Waals surface area contributed by atoms with Gasteiger partial charge in [0.15, 0.2) is 0 Å². The van der Waals surface area contributed by atoms with Gasteiger partial charge in [0.1, 0.15) is 0 Å². The van der Waals surface area contributed by atoms with E-state index in [0.717, 1.165) is 5.92 Å². The van der Waals surface area contributed by atoms with E-state index in [2.05, 4.69) is 76.2 Å². The zero-order chi connectivity index (χ0) is 14.8. The van der Waals surface area contributed by atoms with Crippen LogP contribution in [0.1, 0.15) is 45.2 Å². The lowest BCUT2D eigenvalue weighted by Gasteiger charge is -2.33. The minimum Gasteiger partial charge on any atom is -0.0619 e. The topological polar surface area (TPSA) is 0 Å². The number of benzene rings is 2. The summed E-state index contributed by atoms with van der Waals surface area (Å²) < 4.78 is 0. The molecule has 21 heavy (non-hydrogen) atoms. The lowest BCUT2D eigenvalue weighted by Crippen LogP contribution is -2.29. The summed E-state index contributed by atoms with van der Waals surface area (Å²) in [5.74, 6) is 1.41. The molecule has 2 aromatic rings. The van der Waals surface area contributed by atoms with E-state index >= 15 is 0 Å². The van der Waals surface area contributed by atoms with Crippen molar-refractivity contribution in [3.8, 4) is 11.1 Å². The molecule has 0 bridgehead atoms. The molecule has 0 saturated heterocycles. The van der Waals surface area contributed by atoms with E-state index in [9.17, 15) is 0 Å². The van der Waals surface area contributed by atoms with Crippen molar-refractivity contribution in [3.05, 3.63) is 59.7 Å². The van der Waals surface area contributed by atoms with Crippen LogP contribution in [0.25, 0.3) is 11.1 Å². The molecule has 0 heterocycles. The highest BCUT2D eigenvalue weighted by Gasteiger charge is 2.58. The molecule has 1 spiro atoms. The fourth-order valence-corrected chi connectivity index (χ4v) is 5.18. The predicted molar refractivity (Wildman–Crippen MR) is 89.4 cm³/mol. The molecule has 1 saturated carbocycles. The third kappa shape index (κ3) is 1.46. The van der Waals surface area contributed by atoms with E-state index < -0.39 is 0 Å². The van der Waals surface area contributed by atoms with E-state index in [4.69, 9.17) is 0 Å². The van der Waals surface area contributed by atoms with Crippen molar-refractivity contribution in [2.24, 2.45) is 17.3 Å². The van der Waals surface area contributed by atoms with Crippen molar-refractivity contribution in [2.45, 2.75) is 39.5 Å². The number of hydrogen-bond acceptors (Lipinski definition) is 0. The monoisotopic (exact) mass is 276 g/mol. The summed E-state index contributed by atoms with van der Waals surface area (Å²) >= 11 is 0. The molecule has 0 N–H and O–H groups in total. The number of fused-ring (bicyclic) bond motifs is 5. The molecule has 0 radical (unpaired) electrons. The van der Waals surface area contributed by atoms with Gasteiger partial charge in [-0.1, -0.05) is 76.2 Å². The highest BCUT2D eigenvalue weighted by atomic mass is 14.6. The van der Waals surface area contributed by atoms with Gasteiger partial charge >= 0.3 is 0 Å². The van der Waals surface area contributed by atoms with Gasteiger partial charge in [-0.25, -0.2) is 0 Å². The van der Waals surface area contributed by atoms with E-state index in [-0.39, 0.29) is 5.41 Å². The Morgan fingerprint density at radius 2 is 1.24 bits per heavy atom. The molecule has 0 heteroatoms. The van der Waals surface area contributed by atoms with Gasteiger partial charge in [0, 0.05) is 5.41 Å². The Kier molecular flexibility index (Phi) is 2.50. The molecule has 0 nitrogen and oxygen atoms in total. The third-order valence-electron chi connectivity index (χ3n) is 6.60. The van der Waals surface area contributed by atoms with Crippen LogP contribution in [0.2, 0.25) is 0 Å². The maximum absolute atomic E-state index is 2.47. The second-order valence-electron chi connectivity index (χ2n) is 7.81. The van der Waals surface area contributed by atoms with Crippen molar-refractivity contribution in [3.63, 3.8) is 0 Å². The van der Waals surface area contributed by atoms with Crippen molar-refractivity contribution in [1.82, 2.24) is 0 Å². The highest BCUT2D eigenvalue weighted by molar-refractivity contribution is 5.81. The molecule has 2 aromatic carbocycles. The lowest BCUT2D eigenvalue weighted by molar-refractivity contribution is 0.246. The van der Waals surface area contributed by atoms with Crippen molar-refractivity contribution in [1.29, 1.82) is 0 Å². The van der Waals surface area contributed by atoms with Gasteiger partial charge in [0.05, 0.1) is 0 Å². The molecule has 0 aromatic heterocycles. The van der Waals surface area contributed by atoms with Gasteiger partial charge in [0.2, 0.25) is 0 Å². The zero-order valence-electron chi connectivity index (χ0n) is 13.5. The maximum Gasteiger partial charge on any atom is 0.0248 e. The molecule has 2 aliphatic carbocycles. The third-order valence-corrected chi connectivity index (χ3v) is 6.60. The summed E-state index contributed by atoms with van der Waals surface area (Å²) in [4.78, 5) is 0. The first kappa shape index (κ1) is 13.1. The Morgan fingerprint density at radius 1 is 0.762 bits per heavy atom. The summed E-state index contributed by atoms with van der Waals surface area (Å²) in [6.07, 6.45) is 1.26. The van der Waals surface area contributed by atoms with Crippen LogP contribution in [0.5, 0.6) is 0 Å². The molecule has 108 valence electrons. The van der Waals surface area contributed by atoms with Gasteiger partial charge in [-0.2, -0.15) is 0 Å². The summed E-state index contributed by atoms with van der Waals surface area (Å²) in [6, 6.07) is 18.2. The van der Waals surface area contributed by atoms with Crippen LogP contribution in [0.15, 0.2) is 48.5 Å². The van der Waals surface area contributed by atoms with Gasteiger partial charge in [-0.05, 0) is 45.9 Å². The first-order chi connectivity index (χ1) is 9.98. The Hall–Kier alpha value is -1.56. The molecule has 2 aliphatic rings. The van der Waals surface area contributed by atoms with Crippen LogP contribution >= 0.6 is 0 Å². The van der Waals surface area contributed by atoms with E-state index in [1.54, 1.807) is 11.1 Å². The average Bonchev–Trinajstić information content (AvgIpc) is 2.87. The zero-order valence-corrected chi connectivity index (χ0v) is 13.5. The smallest absolute Gasteiger partial charge is 0.0248 e. The molecular formula is C21H24. The fraction of sp³-hybridized carbons (Fsp3) is 0.429. The van der Waals surface area contributed by atoms with E-state index in [1.807, 2.05) is 0 Å². The first-order valence-electron chi connectivity index (χ1n) is 8.18. The minimum atomic E-state index is 0.218.